The van der Waals surface area contributed by atoms with E-state index in [0.717, 1.165) is 9.87 Å². The molecule has 0 bridgehead atoms. The molecule has 4 rings (SSSR count). The van der Waals surface area contributed by atoms with E-state index in [9.17, 15) is 18.0 Å². The first-order valence-corrected chi connectivity index (χ1v) is 11.9. The molecule has 0 radical (unpaired) electrons. The second-order valence-electron chi connectivity index (χ2n) is 8.09. The van der Waals surface area contributed by atoms with Crippen LogP contribution in [0.1, 0.15) is 18.2 Å². The van der Waals surface area contributed by atoms with Gasteiger partial charge in [0.25, 0.3) is 0 Å². The number of nitrogens with zero attached hydrogens (tertiary/aromatic N) is 2. The van der Waals surface area contributed by atoms with Crippen LogP contribution in [0, 0.1) is 0 Å². The Balaban J connectivity index is 1.64. The van der Waals surface area contributed by atoms with Crippen molar-refractivity contribution in [1.82, 2.24) is 14.5 Å². The molecule has 1 aromatic heterocycles. The minimum absolute atomic E-state index is 0.0559. The van der Waals surface area contributed by atoms with Crippen LogP contribution in [0.3, 0.4) is 0 Å². The predicted molar refractivity (Wildman–Crippen MR) is 121 cm³/mol. The summed E-state index contributed by atoms with van der Waals surface area (Å²) in [5.41, 5.74) is -0.554. The normalized spacial score (nSPS) is 19.4. The Bertz CT molecular complexity index is 1210. The van der Waals surface area contributed by atoms with Crippen molar-refractivity contribution >= 4 is 21.8 Å². The summed E-state index contributed by atoms with van der Waals surface area (Å²) in [4.78, 5) is 28.1. The van der Waals surface area contributed by atoms with Crippen LogP contribution in [-0.2, 0) is 32.7 Å². The highest BCUT2D eigenvalue weighted by Crippen LogP contribution is 2.29. The summed E-state index contributed by atoms with van der Waals surface area (Å²) in [5.74, 6) is -0.418. The molecular weight excluding hydrogens is 442 g/mol. The Kier molecular flexibility index (Phi) is 6.35. The van der Waals surface area contributed by atoms with Crippen LogP contribution in [0.25, 0.3) is 0 Å². The van der Waals surface area contributed by atoms with E-state index in [1.165, 1.54) is 23.3 Å². The number of nitrogens with one attached hydrogen (secondary N) is 1. The fourth-order valence-corrected chi connectivity index (χ4v) is 5.39. The second-order valence-corrected chi connectivity index (χ2v) is 10.0. The molecule has 0 unspecified atom stereocenters. The molecule has 0 saturated carbocycles. The van der Waals surface area contributed by atoms with E-state index in [1.807, 2.05) is 30.3 Å². The molecule has 0 spiro atoms. The van der Waals surface area contributed by atoms with E-state index in [-0.39, 0.29) is 31.1 Å². The van der Waals surface area contributed by atoms with Gasteiger partial charge in [-0.2, -0.15) is 4.31 Å². The molecule has 1 fully saturated rings. The number of sulfonamides is 1. The Hall–Kier alpha value is -3.43. The van der Waals surface area contributed by atoms with E-state index in [0.29, 0.717) is 5.76 Å². The zero-order valence-electron chi connectivity index (χ0n) is 18.2. The molecule has 0 aliphatic carbocycles. The highest BCUT2D eigenvalue weighted by atomic mass is 32.2. The molecule has 8 nitrogen and oxygen atoms in total. The van der Waals surface area contributed by atoms with Gasteiger partial charge in [0.15, 0.2) is 0 Å². The van der Waals surface area contributed by atoms with Gasteiger partial charge in [-0.05, 0) is 36.8 Å². The van der Waals surface area contributed by atoms with E-state index >= 15 is 0 Å². The van der Waals surface area contributed by atoms with Gasteiger partial charge in [0.1, 0.15) is 11.3 Å². The van der Waals surface area contributed by atoms with E-state index in [1.54, 1.807) is 37.3 Å². The zero-order valence-corrected chi connectivity index (χ0v) is 19.0. The molecule has 1 N–H and O–H groups in total. The number of benzene rings is 2. The fraction of sp³-hybridized carbons (Fsp3) is 0.250. The first-order valence-electron chi connectivity index (χ1n) is 10.5. The smallest absolute Gasteiger partial charge is 0.247 e. The van der Waals surface area contributed by atoms with Gasteiger partial charge in [-0.25, -0.2) is 8.42 Å². The van der Waals surface area contributed by atoms with Crippen molar-refractivity contribution in [2.24, 2.45) is 0 Å². The SMILES string of the molecule is C[C@]1(C(=O)NCc2ccccc2)CN(S(=O)(=O)c2ccccc2)CC(=O)N1Cc1ccco1. The maximum Gasteiger partial charge on any atom is 0.247 e. The van der Waals surface area contributed by atoms with Crippen LogP contribution < -0.4 is 5.32 Å². The quantitative estimate of drug-likeness (QED) is 0.575. The fourth-order valence-electron chi connectivity index (χ4n) is 3.89. The van der Waals surface area contributed by atoms with Crippen LogP contribution >= 0.6 is 0 Å². The first kappa shape index (κ1) is 22.8. The topological polar surface area (TPSA) is 99.9 Å². The van der Waals surface area contributed by atoms with Crippen molar-refractivity contribution < 1.29 is 22.4 Å². The molecule has 172 valence electrons. The highest BCUT2D eigenvalue weighted by Gasteiger charge is 2.50. The highest BCUT2D eigenvalue weighted by molar-refractivity contribution is 7.89. The molecule has 1 saturated heterocycles. The van der Waals surface area contributed by atoms with Gasteiger partial charge in [-0.3, -0.25) is 9.59 Å². The van der Waals surface area contributed by atoms with E-state index in [2.05, 4.69) is 5.32 Å². The minimum Gasteiger partial charge on any atom is -0.467 e. The Labute approximate surface area is 192 Å². The average Bonchev–Trinajstić information content (AvgIpc) is 3.34. The molecular formula is C24H25N3O5S. The van der Waals surface area contributed by atoms with E-state index in [4.69, 9.17) is 4.42 Å². The molecule has 2 aromatic carbocycles. The Morgan fingerprint density at radius 2 is 1.70 bits per heavy atom. The number of carbonyl (C=O) groups is 2. The monoisotopic (exact) mass is 467 g/mol. The van der Waals surface area contributed by atoms with Gasteiger partial charge in [0.2, 0.25) is 21.8 Å². The number of hydrogen-bond acceptors (Lipinski definition) is 5. The third kappa shape index (κ3) is 4.69. The average molecular weight is 468 g/mol. The Morgan fingerprint density at radius 1 is 1.03 bits per heavy atom. The summed E-state index contributed by atoms with van der Waals surface area (Å²) in [6.07, 6.45) is 1.49. The third-order valence-electron chi connectivity index (χ3n) is 5.75. The predicted octanol–water partition coefficient (Wildman–Crippen LogP) is 2.39. The number of furan rings is 1. The molecule has 33 heavy (non-hydrogen) atoms. The van der Waals surface area contributed by atoms with Crippen molar-refractivity contribution in [3.63, 3.8) is 0 Å². The van der Waals surface area contributed by atoms with Gasteiger partial charge >= 0.3 is 0 Å². The van der Waals surface area contributed by atoms with Crippen LogP contribution in [0.15, 0.2) is 88.4 Å². The standard InChI is InChI=1S/C24H25N3O5S/c1-24(23(29)25-15-19-9-4-2-5-10-19)18-26(33(30,31)21-12-6-3-7-13-21)17-22(28)27(24)16-20-11-8-14-32-20/h2-14H,15-18H2,1H3,(H,25,29)/t24-/m1/s1. The first-order chi connectivity index (χ1) is 15.8. The van der Waals surface area contributed by atoms with Gasteiger partial charge in [-0.15, -0.1) is 0 Å². The summed E-state index contributed by atoms with van der Waals surface area (Å²) < 4.78 is 33.0. The van der Waals surface area contributed by atoms with Gasteiger partial charge < -0.3 is 14.6 Å². The largest absolute Gasteiger partial charge is 0.467 e. The number of hydrogen-bond donors (Lipinski definition) is 1. The third-order valence-corrected chi connectivity index (χ3v) is 7.56. The van der Waals surface area contributed by atoms with Crippen LogP contribution in [-0.4, -0.2) is 48.1 Å². The van der Waals surface area contributed by atoms with Crippen LogP contribution in [0.4, 0.5) is 0 Å². The molecule has 3 aromatic rings. The molecule has 2 heterocycles. The lowest BCUT2D eigenvalue weighted by molar-refractivity contribution is -0.154. The van der Waals surface area contributed by atoms with Crippen molar-refractivity contribution in [3.8, 4) is 0 Å². The van der Waals surface area contributed by atoms with Crippen molar-refractivity contribution in [3.05, 3.63) is 90.4 Å². The van der Waals surface area contributed by atoms with Crippen LogP contribution in [0.5, 0.6) is 0 Å². The number of carbonyl (C=O) groups excluding carboxylic acids is 2. The van der Waals surface area contributed by atoms with Crippen molar-refractivity contribution in [1.29, 1.82) is 0 Å². The summed E-state index contributed by atoms with van der Waals surface area (Å²) in [6, 6.07) is 20.7. The number of piperazine rings is 1. The number of amides is 2. The molecule has 1 aliphatic heterocycles. The number of rotatable bonds is 7. The molecule has 1 aliphatic rings. The zero-order chi connectivity index (χ0) is 23.5. The molecule has 1 atom stereocenters. The maximum absolute atomic E-state index is 13.4. The summed E-state index contributed by atoms with van der Waals surface area (Å²) >= 11 is 0. The minimum atomic E-state index is -3.97. The lowest BCUT2D eigenvalue weighted by atomic mass is 9.95. The van der Waals surface area contributed by atoms with Gasteiger partial charge in [-0.1, -0.05) is 48.5 Å². The molecule has 2 amide bonds. The summed E-state index contributed by atoms with van der Waals surface area (Å²) in [6.45, 7) is 1.35. The molecule has 9 heteroatoms. The van der Waals surface area contributed by atoms with E-state index < -0.39 is 27.4 Å². The lowest BCUT2D eigenvalue weighted by Crippen LogP contribution is -2.69. The van der Waals surface area contributed by atoms with Crippen molar-refractivity contribution in [2.45, 2.75) is 30.4 Å². The van der Waals surface area contributed by atoms with Crippen LogP contribution in [0.2, 0.25) is 0 Å². The Morgan fingerprint density at radius 3 is 2.33 bits per heavy atom. The van der Waals surface area contributed by atoms with Gasteiger partial charge in [0.05, 0.1) is 24.2 Å². The van der Waals surface area contributed by atoms with Crippen molar-refractivity contribution in [2.75, 3.05) is 13.1 Å². The maximum atomic E-state index is 13.4. The summed E-state index contributed by atoms with van der Waals surface area (Å²) in [5, 5.41) is 2.87. The van der Waals surface area contributed by atoms with Gasteiger partial charge in [0, 0.05) is 13.1 Å². The summed E-state index contributed by atoms with van der Waals surface area (Å²) in [7, 11) is -3.97. The second kappa shape index (κ2) is 9.21. The lowest BCUT2D eigenvalue weighted by Gasteiger charge is -2.46.